The number of aromatic nitrogens is 1. The lowest BCUT2D eigenvalue weighted by molar-refractivity contribution is -0.116. The quantitative estimate of drug-likeness (QED) is 0.533. The van der Waals surface area contributed by atoms with Crippen molar-refractivity contribution in [2.45, 2.75) is 25.7 Å². The summed E-state index contributed by atoms with van der Waals surface area (Å²) in [6.07, 6.45) is 6.60. The summed E-state index contributed by atoms with van der Waals surface area (Å²) in [5.74, 6) is 0.560. The second-order valence-corrected chi connectivity index (χ2v) is 8.78. The average molecular weight is 456 g/mol. The minimum atomic E-state index is 0. The number of hydrogen-bond donors (Lipinski definition) is 1. The second-order valence-electron chi connectivity index (χ2n) is 8.35. The molecule has 0 saturated carbocycles. The van der Waals surface area contributed by atoms with Gasteiger partial charge in [-0.1, -0.05) is 41.9 Å². The summed E-state index contributed by atoms with van der Waals surface area (Å²) in [4.78, 5) is 19.8. The van der Waals surface area contributed by atoms with E-state index in [-0.39, 0.29) is 18.3 Å². The Morgan fingerprint density at radius 1 is 1.23 bits per heavy atom. The highest BCUT2D eigenvalue weighted by molar-refractivity contribution is 6.31. The number of H-pyrrole nitrogens is 1. The van der Waals surface area contributed by atoms with Crippen molar-refractivity contribution in [1.82, 2.24) is 9.88 Å². The highest BCUT2D eigenvalue weighted by atomic mass is 35.5. The number of nitrogens with zero attached hydrogens (tertiary/aromatic N) is 2. The SMILES string of the molecule is CC(=O)N1C[C@@H](CCN2CC=C(c3c[nH]c4cc(Cl)ccc34)CC2)c2ccccc21.Cl. The first-order valence-corrected chi connectivity index (χ1v) is 11.0. The Labute approximate surface area is 194 Å². The van der Waals surface area contributed by atoms with Gasteiger partial charge >= 0.3 is 0 Å². The van der Waals surface area contributed by atoms with Gasteiger partial charge in [-0.15, -0.1) is 12.4 Å². The molecule has 31 heavy (non-hydrogen) atoms. The van der Waals surface area contributed by atoms with Crippen LogP contribution in [0.1, 0.15) is 36.8 Å². The number of aromatic amines is 1. The monoisotopic (exact) mass is 455 g/mol. The summed E-state index contributed by atoms with van der Waals surface area (Å²) in [5.41, 5.74) is 6.21. The van der Waals surface area contributed by atoms with Gasteiger partial charge in [0.1, 0.15) is 0 Å². The van der Waals surface area contributed by atoms with E-state index in [1.807, 2.05) is 23.1 Å². The Balaban J connectivity index is 0.00000231. The minimum absolute atomic E-state index is 0. The number of rotatable bonds is 4. The molecule has 0 fully saturated rings. The molecule has 0 unspecified atom stereocenters. The number of anilines is 1. The van der Waals surface area contributed by atoms with E-state index >= 15 is 0 Å². The van der Waals surface area contributed by atoms with Crippen molar-refractivity contribution < 1.29 is 4.79 Å². The smallest absolute Gasteiger partial charge is 0.223 e. The molecule has 3 aromatic rings. The number of hydrogen-bond acceptors (Lipinski definition) is 2. The third kappa shape index (κ3) is 4.25. The third-order valence-electron chi connectivity index (χ3n) is 6.53. The Morgan fingerprint density at radius 3 is 2.84 bits per heavy atom. The molecular formula is C25H27Cl2N3O. The third-order valence-corrected chi connectivity index (χ3v) is 6.76. The van der Waals surface area contributed by atoms with Crippen LogP contribution < -0.4 is 4.90 Å². The normalized spacial score (nSPS) is 18.6. The Morgan fingerprint density at radius 2 is 2.06 bits per heavy atom. The van der Waals surface area contributed by atoms with Crippen LogP contribution in [0, 0.1) is 0 Å². The van der Waals surface area contributed by atoms with E-state index in [0.717, 1.165) is 55.2 Å². The predicted molar refractivity (Wildman–Crippen MR) is 131 cm³/mol. The molecule has 1 aromatic heterocycles. The first-order valence-electron chi connectivity index (χ1n) is 10.7. The van der Waals surface area contributed by atoms with E-state index in [9.17, 15) is 4.79 Å². The van der Waals surface area contributed by atoms with E-state index in [0.29, 0.717) is 5.92 Å². The van der Waals surface area contributed by atoms with Gasteiger partial charge in [-0.25, -0.2) is 0 Å². The van der Waals surface area contributed by atoms with Gasteiger partial charge < -0.3 is 9.88 Å². The Bertz CT molecular complexity index is 1140. The molecule has 0 bridgehead atoms. The van der Waals surface area contributed by atoms with E-state index in [1.54, 1.807) is 6.92 Å². The average Bonchev–Trinajstić information content (AvgIpc) is 3.34. The molecule has 2 aliphatic rings. The molecule has 2 aliphatic heterocycles. The van der Waals surface area contributed by atoms with E-state index in [4.69, 9.17) is 11.6 Å². The Hall–Kier alpha value is -2.27. The Kier molecular flexibility index (Phi) is 6.42. The molecule has 0 aliphatic carbocycles. The largest absolute Gasteiger partial charge is 0.361 e. The molecule has 1 N–H and O–H groups in total. The summed E-state index contributed by atoms with van der Waals surface area (Å²) in [6.45, 7) is 5.56. The van der Waals surface area contributed by atoms with Gasteiger partial charge in [-0.05, 0) is 48.7 Å². The van der Waals surface area contributed by atoms with Gasteiger partial charge in [0, 0.05) is 65.8 Å². The van der Waals surface area contributed by atoms with Gasteiger partial charge in [0.15, 0.2) is 0 Å². The molecule has 0 saturated heterocycles. The van der Waals surface area contributed by atoms with Gasteiger partial charge in [-0.2, -0.15) is 0 Å². The van der Waals surface area contributed by atoms with Crippen LogP contribution in [0.5, 0.6) is 0 Å². The maximum absolute atomic E-state index is 12.0. The molecule has 0 spiro atoms. The molecule has 4 nitrogen and oxygen atoms in total. The van der Waals surface area contributed by atoms with Crippen LogP contribution in [-0.4, -0.2) is 42.0 Å². The van der Waals surface area contributed by atoms with Crippen molar-refractivity contribution in [1.29, 1.82) is 0 Å². The van der Waals surface area contributed by atoms with Crippen LogP contribution in [0.2, 0.25) is 5.02 Å². The number of carbonyl (C=O) groups is 1. The zero-order valence-corrected chi connectivity index (χ0v) is 19.2. The zero-order chi connectivity index (χ0) is 20.7. The van der Waals surface area contributed by atoms with Crippen LogP contribution in [0.25, 0.3) is 16.5 Å². The molecule has 5 rings (SSSR count). The van der Waals surface area contributed by atoms with E-state index in [1.165, 1.54) is 22.1 Å². The van der Waals surface area contributed by atoms with Gasteiger partial charge in [0.25, 0.3) is 0 Å². The fourth-order valence-corrected chi connectivity index (χ4v) is 5.07. The molecule has 0 radical (unpaired) electrons. The van der Waals surface area contributed by atoms with Gasteiger partial charge in [0.05, 0.1) is 0 Å². The minimum Gasteiger partial charge on any atom is -0.361 e. The number of carbonyl (C=O) groups excluding carboxylic acids is 1. The van der Waals surface area contributed by atoms with Crippen molar-refractivity contribution in [3.8, 4) is 0 Å². The fraction of sp³-hybridized carbons (Fsp3) is 0.320. The number of para-hydroxylation sites is 1. The summed E-state index contributed by atoms with van der Waals surface area (Å²) < 4.78 is 0. The molecular weight excluding hydrogens is 429 g/mol. The van der Waals surface area contributed by atoms with Crippen molar-refractivity contribution in [2.24, 2.45) is 0 Å². The lowest BCUT2D eigenvalue weighted by atomic mass is 9.96. The van der Waals surface area contributed by atoms with Crippen molar-refractivity contribution >= 4 is 52.1 Å². The number of fused-ring (bicyclic) bond motifs is 2. The number of halogens is 2. The highest BCUT2D eigenvalue weighted by Crippen LogP contribution is 2.38. The lowest BCUT2D eigenvalue weighted by Gasteiger charge is -2.27. The lowest BCUT2D eigenvalue weighted by Crippen LogP contribution is -2.31. The molecule has 6 heteroatoms. The number of nitrogens with one attached hydrogen (secondary N) is 1. The summed E-state index contributed by atoms with van der Waals surface area (Å²) >= 11 is 6.12. The van der Waals surface area contributed by atoms with E-state index < -0.39 is 0 Å². The van der Waals surface area contributed by atoms with Gasteiger partial charge in [0.2, 0.25) is 5.91 Å². The van der Waals surface area contributed by atoms with Crippen LogP contribution in [-0.2, 0) is 4.79 Å². The second kappa shape index (κ2) is 9.07. The zero-order valence-electron chi connectivity index (χ0n) is 17.6. The highest BCUT2D eigenvalue weighted by Gasteiger charge is 2.30. The van der Waals surface area contributed by atoms with Crippen LogP contribution >= 0.6 is 24.0 Å². The van der Waals surface area contributed by atoms with Crippen molar-refractivity contribution in [3.63, 3.8) is 0 Å². The topological polar surface area (TPSA) is 39.3 Å². The number of amides is 1. The molecule has 2 aromatic carbocycles. The molecule has 162 valence electrons. The predicted octanol–water partition coefficient (Wildman–Crippen LogP) is 5.87. The molecule has 1 amide bonds. The van der Waals surface area contributed by atoms with Crippen molar-refractivity contribution in [2.75, 3.05) is 31.1 Å². The van der Waals surface area contributed by atoms with Crippen LogP contribution in [0.3, 0.4) is 0 Å². The first-order chi connectivity index (χ1) is 14.6. The molecule has 3 heterocycles. The molecule has 1 atom stereocenters. The van der Waals surface area contributed by atoms with E-state index in [2.05, 4.69) is 46.4 Å². The summed E-state index contributed by atoms with van der Waals surface area (Å²) in [5, 5.41) is 2.00. The maximum Gasteiger partial charge on any atom is 0.223 e. The first kappa shape index (κ1) is 21.9. The maximum atomic E-state index is 12.0. The van der Waals surface area contributed by atoms with Gasteiger partial charge in [-0.3, -0.25) is 9.69 Å². The van der Waals surface area contributed by atoms with Crippen molar-refractivity contribution in [3.05, 3.63) is 70.9 Å². The standard InChI is InChI=1S/C25H26ClN3O.ClH/c1-17(30)29-16-19(21-4-2-3-5-25(21)29)10-13-28-11-8-18(9-12-28)23-15-27-24-14-20(26)6-7-22(23)24;/h2-8,14-15,19,27H,9-13,16H2,1H3;1H/t19-;/m1./s1. The van der Waals surface area contributed by atoms with Crippen LogP contribution in [0.15, 0.2) is 54.7 Å². The summed E-state index contributed by atoms with van der Waals surface area (Å²) in [6, 6.07) is 14.4. The van der Waals surface area contributed by atoms with Crippen LogP contribution in [0.4, 0.5) is 5.69 Å². The summed E-state index contributed by atoms with van der Waals surface area (Å²) in [7, 11) is 0. The number of benzene rings is 2. The fourth-order valence-electron chi connectivity index (χ4n) is 4.90.